The number of benzene rings is 2. The molecule has 128 valence electrons. The quantitative estimate of drug-likeness (QED) is 0.798. The molecule has 2 aromatic carbocycles. The number of ether oxygens (including phenoxy) is 1. The molecule has 0 bridgehead atoms. The highest BCUT2D eigenvalue weighted by atomic mass is 32.2. The van der Waals surface area contributed by atoms with Crippen LogP contribution in [0.15, 0.2) is 54.6 Å². The van der Waals surface area contributed by atoms with Gasteiger partial charge in [0, 0.05) is 19.8 Å². The van der Waals surface area contributed by atoms with E-state index in [2.05, 4.69) is 10.0 Å². The number of carbonyl (C=O) groups excluding carboxylic acids is 1. The van der Waals surface area contributed by atoms with E-state index in [-0.39, 0.29) is 6.54 Å². The first-order valence-electron chi connectivity index (χ1n) is 7.17. The number of amides is 1. The van der Waals surface area contributed by atoms with Crippen molar-refractivity contribution in [2.45, 2.75) is 0 Å². The second kappa shape index (κ2) is 7.91. The van der Waals surface area contributed by atoms with Crippen molar-refractivity contribution in [1.82, 2.24) is 9.03 Å². The average molecular weight is 349 g/mol. The number of carbonyl (C=O) groups is 1. The molecule has 7 nitrogen and oxygen atoms in total. The van der Waals surface area contributed by atoms with Crippen LogP contribution in [-0.4, -0.2) is 39.3 Å². The second-order valence-corrected chi connectivity index (χ2v) is 7.07. The minimum absolute atomic E-state index is 0.344. The van der Waals surface area contributed by atoms with Gasteiger partial charge in [0.1, 0.15) is 11.5 Å². The fourth-order valence-electron chi connectivity index (χ4n) is 1.72. The molecule has 0 saturated heterocycles. The van der Waals surface area contributed by atoms with Crippen LogP contribution in [0.5, 0.6) is 11.5 Å². The Hall–Kier alpha value is -2.42. The highest BCUT2D eigenvalue weighted by Crippen LogP contribution is 2.22. The Labute approximate surface area is 141 Å². The van der Waals surface area contributed by atoms with E-state index in [1.165, 1.54) is 14.1 Å². The molecule has 0 radical (unpaired) electrons. The molecule has 0 aliphatic carbocycles. The van der Waals surface area contributed by atoms with Crippen molar-refractivity contribution in [1.29, 1.82) is 0 Å². The van der Waals surface area contributed by atoms with Gasteiger partial charge >= 0.3 is 0 Å². The van der Waals surface area contributed by atoms with Crippen LogP contribution in [-0.2, 0) is 15.0 Å². The number of rotatable bonds is 7. The van der Waals surface area contributed by atoms with Crippen LogP contribution in [0.2, 0.25) is 0 Å². The summed E-state index contributed by atoms with van der Waals surface area (Å²) in [6.07, 6.45) is 0. The fourth-order valence-corrected chi connectivity index (χ4v) is 2.29. The van der Waals surface area contributed by atoms with Crippen molar-refractivity contribution >= 4 is 21.8 Å². The van der Waals surface area contributed by atoms with E-state index in [0.717, 1.165) is 4.31 Å². The number of anilines is 1. The topological polar surface area (TPSA) is 87.7 Å². The van der Waals surface area contributed by atoms with Crippen molar-refractivity contribution < 1.29 is 17.9 Å². The minimum atomic E-state index is -3.62. The maximum atomic E-state index is 11.8. The molecule has 0 aliphatic heterocycles. The predicted molar refractivity (Wildman–Crippen MR) is 92.2 cm³/mol. The van der Waals surface area contributed by atoms with E-state index in [0.29, 0.717) is 17.2 Å². The summed E-state index contributed by atoms with van der Waals surface area (Å²) in [4.78, 5) is 11.8. The Morgan fingerprint density at radius 3 is 2.17 bits per heavy atom. The van der Waals surface area contributed by atoms with E-state index in [1.54, 1.807) is 24.3 Å². The third-order valence-corrected chi connectivity index (χ3v) is 4.48. The summed E-state index contributed by atoms with van der Waals surface area (Å²) in [7, 11) is -0.863. The molecule has 0 spiro atoms. The van der Waals surface area contributed by atoms with Crippen molar-refractivity contribution in [3.63, 3.8) is 0 Å². The zero-order chi connectivity index (χ0) is 17.6. The molecule has 0 aromatic heterocycles. The molecule has 2 rings (SSSR count). The van der Waals surface area contributed by atoms with Crippen LogP contribution >= 0.6 is 0 Å². The maximum Gasteiger partial charge on any atom is 0.279 e. The highest BCUT2D eigenvalue weighted by Gasteiger charge is 2.14. The van der Waals surface area contributed by atoms with Crippen LogP contribution in [0.1, 0.15) is 0 Å². The number of nitrogens with zero attached hydrogens (tertiary/aromatic N) is 1. The normalized spacial score (nSPS) is 11.3. The summed E-state index contributed by atoms with van der Waals surface area (Å²) in [6.45, 7) is -0.344. The first kappa shape index (κ1) is 17.9. The van der Waals surface area contributed by atoms with Crippen molar-refractivity contribution in [3.05, 3.63) is 54.6 Å². The average Bonchev–Trinajstić information content (AvgIpc) is 2.56. The molecular weight excluding hydrogens is 330 g/mol. The van der Waals surface area contributed by atoms with Crippen LogP contribution in [0.4, 0.5) is 5.69 Å². The van der Waals surface area contributed by atoms with Gasteiger partial charge in [0.2, 0.25) is 5.91 Å². The standard InChI is InChI=1S/C16H19N3O4S/c1-19(2)24(21,22)17-12-16(20)18-13-8-10-15(11-9-13)23-14-6-4-3-5-7-14/h3-11,17H,12H2,1-2H3,(H,18,20). The van der Waals surface area contributed by atoms with Gasteiger partial charge in [-0.25, -0.2) is 0 Å². The summed E-state index contributed by atoms with van der Waals surface area (Å²) < 4.78 is 31.9. The lowest BCUT2D eigenvalue weighted by atomic mass is 10.3. The van der Waals surface area contributed by atoms with Gasteiger partial charge in [-0.1, -0.05) is 18.2 Å². The van der Waals surface area contributed by atoms with Crippen LogP contribution in [0, 0.1) is 0 Å². The summed E-state index contributed by atoms with van der Waals surface area (Å²) in [5, 5.41) is 2.60. The number of nitrogens with one attached hydrogen (secondary N) is 2. The van der Waals surface area contributed by atoms with Gasteiger partial charge < -0.3 is 10.1 Å². The SMILES string of the molecule is CN(C)S(=O)(=O)NCC(=O)Nc1ccc(Oc2ccccc2)cc1. The molecule has 0 heterocycles. The van der Waals surface area contributed by atoms with Gasteiger partial charge in [-0.3, -0.25) is 4.79 Å². The summed E-state index contributed by atoms with van der Waals surface area (Å²) in [5.41, 5.74) is 0.546. The molecule has 0 saturated carbocycles. The second-order valence-electron chi connectivity index (χ2n) is 5.10. The lowest BCUT2D eigenvalue weighted by Crippen LogP contribution is -2.40. The zero-order valence-electron chi connectivity index (χ0n) is 13.4. The molecule has 2 aromatic rings. The summed E-state index contributed by atoms with van der Waals surface area (Å²) in [5.74, 6) is 0.886. The van der Waals surface area contributed by atoms with E-state index in [1.807, 2.05) is 30.3 Å². The molecule has 0 fully saturated rings. The van der Waals surface area contributed by atoms with E-state index in [4.69, 9.17) is 4.74 Å². The largest absolute Gasteiger partial charge is 0.457 e. The smallest absolute Gasteiger partial charge is 0.279 e. The molecule has 0 unspecified atom stereocenters. The molecule has 24 heavy (non-hydrogen) atoms. The molecule has 8 heteroatoms. The summed E-state index contributed by atoms with van der Waals surface area (Å²) in [6, 6.07) is 16.1. The summed E-state index contributed by atoms with van der Waals surface area (Å²) >= 11 is 0. The predicted octanol–water partition coefficient (Wildman–Crippen LogP) is 1.81. The molecule has 0 atom stereocenters. The third kappa shape index (κ3) is 5.34. The monoisotopic (exact) mass is 349 g/mol. The van der Waals surface area contributed by atoms with Crippen LogP contribution in [0.25, 0.3) is 0 Å². The third-order valence-electron chi connectivity index (χ3n) is 3.01. The van der Waals surface area contributed by atoms with E-state index >= 15 is 0 Å². The zero-order valence-corrected chi connectivity index (χ0v) is 14.2. The molecular formula is C16H19N3O4S. The van der Waals surface area contributed by atoms with E-state index in [9.17, 15) is 13.2 Å². The Kier molecular flexibility index (Phi) is 5.91. The van der Waals surface area contributed by atoms with Crippen molar-refractivity contribution in [2.75, 3.05) is 26.0 Å². The molecule has 0 aliphatic rings. The highest BCUT2D eigenvalue weighted by molar-refractivity contribution is 7.87. The Balaban J connectivity index is 1.88. The first-order valence-corrected chi connectivity index (χ1v) is 8.61. The number of hydrogen-bond donors (Lipinski definition) is 2. The van der Waals surface area contributed by atoms with Gasteiger partial charge in [0.05, 0.1) is 6.54 Å². The van der Waals surface area contributed by atoms with Crippen molar-refractivity contribution in [3.8, 4) is 11.5 Å². The number of hydrogen-bond acceptors (Lipinski definition) is 4. The Bertz CT molecular complexity index is 775. The lowest BCUT2D eigenvalue weighted by Gasteiger charge is -2.12. The molecule has 1 amide bonds. The number of para-hydroxylation sites is 1. The van der Waals surface area contributed by atoms with Gasteiger partial charge in [-0.05, 0) is 36.4 Å². The fraction of sp³-hybridized carbons (Fsp3) is 0.188. The first-order chi connectivity index (χ1) is 11.4. The lowest BCUT2D eigenvalue weighted by molar-refractivity contribution is -0.115. The van der Waals surface area contributed by atoms with Gasteiger partial charge in [0.15, 0.2) is 0 Å². The van der Waals surface area contributed by atoms with Crippen LogP contribution in [0.3, 0.4) is 0 Å². The molecule has 2 N–H and O–H groups in total. The Morgan fingerprint density at radius 2 is 1.58 bits per heavy atom. The van der Waals surface area contributed by atoms with Crippen molar-refractivity contribution in [2.24, 2.45) is 0 Å². The van der Waals surface area contributed by atoms with Gasteiger partial charge in [-0.15, -0.1) is 0 Å². The van der Waals surface area contributed by atoms with Gasteiger partial charge in [-0.2, -0.15) is 17.4 Å². The van der Waals surface area contributed by atoms with E-state index < -0.39 is 16.1 Å². The Morgan fingerprint density at radius 1 is 1.00 bits per heavy atom. The van der Waals surface area contributed by atoms with Crippen LogP contribution < -0.4 is 14.8 Å². The maximum absolute atomic E-state index is 11.8. The van der Waals surface area contributed by atoms with Gasteiger partial charge in [0.25, 0.3) is 10.2 Å². The minimum Gasteiger partial charge on any atom is -0.457 e.